The summed E-state index contributed by atoms with van der Waals surface area (Å²) >= 11 is 0. The summed E-state index contributed by atoms with van der Waals surface area (Å²) in [7, 11) is 0. The van der Waals surface area contributed by atoms with Gasteiger partial charge in [0.1, 0.15) is 0 Å². The van der Waals surface area contributed by atoms with Gasteiger partial charge in [0.2, 0.25) is 0 Å². The van der Waals surface area contributed by atoms with Gasteiger partial charge in [-0.05, 0) is 69.6 Å². The van der Waals surface area contributed by atoms with E-state index in [0.29, 0.717) is 11.5 Å². The molecule has 0 radical (unpaired) electrons. The molecule has 0 aromatic rings. The fraction of sp³-hybridized carbons (Fsp3) is 1.00. The lowest BCUT2D eigenvalue weighted by Gasteiger charge is -2.44. The third kappa shape index (κ3) is 4.69. The average Bonchev–Trinajstić information content (AvgIpc) is 3.34. The molecule has 0 aliphatic heterocycles. The number of nitrogens with one attached hydrogen (secondary N) is 1. The number of hydrogen-bond acceptors (Lipinski definition) is 2. The normalized spacial score (nSPS) is 33.9. The first-order chi connectivity index (χ1) is 10.1. The molecule has 3 rings (SSSR count). The summed E-state index contributed by atoms with van der Waals surface area (Å²) in [5.74, 6) is 1.97. The van der Waals surface area contributed by atoms with Gasteiger partial charge < -0.3 is 10.2 Å². The highest BCUT2D eigenvalue weighted by molar-refractivity contribution is 4.93. The lowest BCUT2D eigenvalue weighted by molar-refractivity contribution is 0.0673. The molecule has 0 amide bonds. The van der Waals surface area contributed by atoms with E-state index in [1.54, 1.807) is 0 Å². The van der Waals surface area contributed by atoms with Gasteiger partial charge in [-0.25, -0.2) is 0 Å². The van der Waals surface area contributed by atoms with Crippen LogP contribution in [0.3, 0.4) is 0 Å². The van der Waals surface area contributed by atoms with Crippen molar-refractivity contribution in [1.29, 1.82) is 0 Å². The molecule has 2 nitrogen and oxygen atoms in total. The molecule has 3 fully saturated rings. The molecule has 3 aliphatic carbocycles. The smallest absolute Gasteiger partial charge is 0.00684 e. The van der Waals surface area contributed by atoms with Crippen LogP contribution in [0.4, 0.5) is 0 Å². The van der Waals surface area contributed by atoms with Crippen molar-refractivity contribution in [2.45, 2.75) is 84.2 Å². The zero-order valence-electron chi connectivity index (χ0n) is 14.5. The van der Waals surface area contributed by atoms with E-state index < -0.39 is 0 Å². The van der Waals surface area contributed by atoms with Gasteiger partial charge in [-0.2, -0.15) is 0 Å². The predicted molar refractivity (Wildman–Crippen MR) is 90.5 cm³/mol. The number of rotatable bonds is 8. The van der Waals surface area contributed by atoms with Crippen molar-refractivity contribution in [3.8, 4) is 0 Å². The maximum absolute atomic E-state index is 3.87. The minimum absolute atomic E-state index is 0.564. The Bertz CT molecular complexity index is 322. The summed E-state index contributed by atoms with van der Waals surface area (Å²) < 4.78 is 0. The molecule has 0 unspecified atom stereocenters. The monoisotopic (exact) mass is 292 g/mol. The van der Waals surface area contributed by atoms with Crippen molar-refractivity contribution in [2.24, 2.45) is 17.3 Å². The van der Waals surface area contributed by atoms with Crippen LogP contribution in [0.25, 0.3) is 0 Å². The van der Waals surface area contributed by atoms with Gasteiger partial charge in [0.15, 0.2) is 0 Å². The lowest BCUT2D eigenvalue weighted by atomic mass is 9.70. The molecule has 3 saturated carbocycles. The van der Waals surface area contributed by atoms with E-state index in [4.69, 9.17) is 0 Å². The van der Waals surface area contributed by atoms with E-state index in [9.17, 15) is 0 Å². The fourth-order valence-corrected chi connectivity index (χ4v) is 3.93. The van der Waals surface area contributed by atoms with Crippen LogP contribution in [0.15, 0.2) is 0 Å². The summed E-state index contributed by atoms with van der Waals surface area (Å²) in [5.41, 5.74) is 0.564. The first-order valence-electron chi connectivity index (χ1n) is 9.54. The van der Waals surface area contributed by atoms with Crippen molar-refractivity contribution >= 4 is 0 Å². The minimum atomic E-state index is 0.564. The van der Waals surface area contributed by atoms with Crippen LogP contribution < -0.4 is 5.32 Å². The molecule has 2 heteroatoms. The summed E-state index contributed by atoms with van der Waals surface area (Å²) in [4.78, 5) is 2.81. The van der Waals surface area contributed by atoms with Gasteiger partial charge >= 0.3 is 0 Å². The van der Waals surface area contributed by atoms with Crippen molar-refractivity contribution < 1.29 is 0 Å². The van der Waals surface area contributed by atoms with Gasteiger partial charge in [0.05, 0.1) is 0 Å². The molecule has 0 aromatic heterocycles. The third-order valence-corrected chi connectivity index (χ3v) is 6.14. The zero-order chi connectivity index (χ0) is 14.9. The van der Waals surface area contributed by atoms with Crippen molar-refractivity contribution in [3.63, 3.8) is 0 Å². The van der Waals surface area contributed by atoms with Crippen LogP contribution in [-0.2, 0) is 0 Å². The molecular weight excluding hydrogens is 256 g/mol. The molecule has 0 aromatic carbocycles. The molecule has 0 spiro atoms. The van der Waals surface area contributed by atoms with Crippen molar-refractivity contribution in [2.75, 3.05) is 19.6 Å². The van der Waals surface area contributed by atoms with E-state index >= 15 is 0 Å². The molecular formula is C19H36N2. The lowest BCUT2D eigenvalue weighted by Crippen LogP contribution is -2.49. The van der Waals surface area contributed by atoms with Gasteiger partial charge in [0, 0.05) is 31.7 Å². The Kier molecular flexibility index (Phi) is 4.95. The summed E-state index contributed by atoms with van der Waals surface area (Å²) in [5, 5.41) is 3.87. The highest BCUT2D eigenvalue weighted by Crippen LogP contribution is 2.41. The van der Waals surface area contributed by atoms with E-state index in [-0.39, 0.29) is 0 Å². The highest BCUT2D eigenvalue weighted by atomic mass is 15.2. The maximum Gasteiger partial charge on any atom is 0.00684 e. The van der Waals surface area contributed by atoms with Gasteiger partial charge in [-0.1, -0.05) is 19.8 Å². The Labute approximate surface area is 132 Å². The second kappa shape index (κ2) is 6.58. The Morgan fingerprint density at radius 1 is 1.05 bits per heavy atom. The third-order valence-electron chi connectivity index (χ3n) is 6.14. The molecule has 122 valence electrons. The largest absolute Gasteiger partial charge is 0.313 e. The summed E-state index contributed by atoms with van der Waals surface area (Å²) in [6.45, 7) is 11.2. The van der Waals surface area contributed by atoms with Crippen molar-refractivity contribution in [3.05, 3.63) is 0 Å². The Balaban J connectivity index is 1.60. The van der Waals surface area contributed by atoms with Gasteiger partial charge in [-0.15, -0.1) is 0 Å². The molecule has 1 N–H and O–H groups in total. The fourth-order valence-electron chi connectivity index (χ4n) is 3.93. The second-order valence-corrected chi connectivity index (χ2v) is 8.80. The van der Waals surface area contributed by atoms with Crippen LogP contribution in [-0.4, -0.2) is 36.6 Å². The van der Waals surface area contributed by atoms with Crippen LogP contribution in [0.2, 0.25) is 0 Å². The van der Waals surface area contributed by atoms with Crippen LogP contribution in [0, 0.1) is 17.3 Å². The first kappa shape index (κ1) is 15.8. The topological polar surface area (TPSA) is 15.3 Å². The molecule has 3 aliphatic rings. The summed E-state index contributed by atoms with van der Waals surface area (Å²) in [6, 6.07) is 1.57. The van der Waals surface area contributed by atoms with Crippen molar-refractivity contribution in [1.82, 2.24) is 10.2 Å². The molecule has 0 atom stereocenters. The van der Waals surface area contributed by atoms with Gasteiger partial charge in [0.25, 0.3) is 0 Å². The molecule has 0 heterocycles. The number of hydrogen-bond donors (Lipinski definition) is 1. The average molecular weight is 293 g/mol. The van der Waals surface area contributed by atoms with E-state index in [1.807, 2.05) is 0 Å². The standard InChI is InChI=1S/C19H36N2/c1-15(2)21(12-17-4-5-17)14-19(13-20-18-6-7-18)10-8-16(3)9-11-19/h15-18,20H,4-14H2,1-3H3. The van der Waals surface area contributed by atoms with E-state index in [0.717, 1.165) is 17.9 Å². The SMILES string of the molecule is CC1CCC(CNC2CC2)(CN(CC2CC2)C(C)C)CC1. The van der Waals surface area contributed by atoms with Crippen LogP contribution in [0.5, 0.6) is 0 Å². The quantitative estimate of drug-likeness (QED) is 0.726. The van der Waals surface area contributed by atoms with Crippen LogP contribution in [0.1, 0.15) is 72.1 Å². The molecule has 0 bridgehead atoms. The zero-order valence-corrected chi connectivity index (χ0v) is 14.5. The molecule has 21 heavy (non-hydrogen) atoms. The van der Waals surface area contributed by atoms with Gasteiger partial charge in [-0.3, -0.25) is 0 Å². The van der Waals surface area contributed by atoms with Crippen LogP contribution >= 0.6 is 0 Å². The highest BCUT2D eigenvalue weighted by Gasteiger charge is 2.38. The minimum Gasteiger partial charge on any atom is -0.313 e. The number of nitrogens with zero attached hydrogens (tertiary/aromatic N) is 1. The molecule has 0 saturated heterocycles. The Morgan fingerprint density at radius 2 is 1.71 bits per heavy atom. The summed E-state index contributed by atoms with van der Waals surface area (Å²) in [6.07, 6.45) is 11.6. The maximum atomic E-state index is 3.87. The van der Waals surface area contributed by atoms with E-state index in [2.05, 4.69) is 31.0 Å². The predicted octanol–water partition coefficient (Wildman–Crippen LogP) is 4.06. The Hall–Kier alpha value is -0.0800. The second-order valence-electron chi connectivity index (χ2n) is 8.80. The van der Waals surface area contributed by atoms with E-state index in [1.165, 1.54) is 71.0 Å². The first-order valence-corrected chi connectivity index (χ1v) is 9.54. The Morgan fingerprint density at radius 3 is 2.24 bits per heavy atom.